The lowest BCUT2D eigenvalue weighted by atomic mass is 9.97. The molecule has 4 aromatic rings. The molecule has 3 heterocycles. The van der Waals surface area contributed by atoms with Crippen molar-refractivity contribution in [2.24, 2.45) is 0 Å². The lowest BCUT2D eigenvalue weighted by Gasteiger charge is -2.21. The van der Waals surface area contributed by atoms with E-state index >= 15 is 0 Å². The van der Waals surface area contributed by atoms with Crippen molar-refractivity contribution in [3.8, 4) is 16.4 Å². The molecule has 1 amide bonds. The molecule has 1 aromatic carbocycles. The Bertz CT molecular complexity index is 1240. The maximum atomic E-state index is 13.4. The minimum atomic E-state index is -0.922. The van der Waals surface area contributed by atoms with E-state index in [1.165, 1.54) is 28.2 Å². The molecular weight excluding hydrogens is 431 g/mol. The van der Waals surface area contributed by atoms with Gasteiger partial charge in [0, 0.05) is 5.41 Å². The van der Waals surface area contributed by atoms with Gasteiger partial charge in [0.15, 0.2) is 11.6 Å². The summed E-state index contributed by atoms with van der Waals surface area (Å²) in [6.45, 7) is 9.45. The quantitative estimate of drug-likeness (QED) is 0.477. The number of hydrogen-bond acceptors (Lipinski definition) is 7. The third kappa shape index (κ3) is 4.31. The molecule has 8 nitrogen and oxygen atoms in total. The van der Waals surface area contributed by atoms with Gasteiger partial charge in [-0.25, -0.2) is 14.1 Å². The fourth-order valence-electron chi connectivity index (χ4n) is 2.91. The number of amides is 1. The summed E-state index contributed by atoms with van der Waals surface area (Å²) in [5.41, 5.74) is -0.640. The lowest BCUT2D eigenvalue weighted by molar-refractivity contribution is 0.0896. The molecule has 4 rings (SSSR count). The number of halogens is 1. The van der Waals surface area contributed by atoms with E-state index in [-0.39, 0.29) is 17.1 Å². The molecule has 0 atom stereocenters. The van der Waals surface area contributed by atoms with E-state index < -0.39 is 11.4 Å². The largest absolute Gasteiger partial charge is 0.339 e. The van der Waals surface area contributed by atoms with Gasteiger partial charge in [-0.1, -0.05) is 32.0 Å². The first-order valence-electron chi connectivity index (χ1n) is 9.99. The van der Waals surface area contributed by atoms with Crippen LogP contribution in [0.4, 0.5) is 4.39 Å². The second kappa shape index (κ2) is 7.94. The van der Waals surface area contributed by atoms with Gasteiger partial charge in [0.05, 0.1) is 16.1 Å². The van der Waals surface area contributed by atoms with Crippen molar-refractivity contribution in [3.05, 3.63) is 65.1 Å². The number of carbonyl (C=O) groups excluding carboxylic acids is 1. The Labute approximate surface area is 188 Å². The van der Waals surface area contributed by atoms with Gasteiger partial charge in [0.25, 0.3) is 5.91 Å². The van der Waals surface area contributed by atoms with Gasteiger partial charge in [0.1, 0.15) is 5.82 Å². The van der Waals surface area contributed by atoms with Crippen LogP contribution in [0.1, 0.15) is 57.0 Å². The number of rotatable bonds is 5. The topological polar surface area (TPSA) is 98.7 Å². The highest BCUT2D eigenvalue weighted by Crippen LogP contribution is 2.27. The smallest absolute Gasteiger partial charge is 0.291 e. The Hall–Kier alpha value is -3.40. The van der Waals surface area contributed by atoms with Crippen molar-refractivity contribution in [2.75, 3.05) is 0 Å². The van der Waals surface area contributed by atoms with E-state index in [2.05, 4.69) is 25.5 Å². The number of nitrogens with one attached hydrogen (secondary N) is 1. The molecular formula is C22H23FN6O2S. The highest BCUT2D eigenvalue weighted by atomic mass is 32.1. The highest BCUT2D eigenvalue weighted by molar-refractivity contribution is 7.13. The summed E-state index contributed by atoms with van der Waals surface area (Å²) in [6.07, 6.45) is 0. The standard InChI is InChI=1S/C22H23FN6O2S/c1-21(2,3)20-25-19(28-31-20)22(4,5)26-18(30)16-24-17(15-7-6-12-32-15)29(27-16)14-10-8-13(23)9-11-14/h6-12H,1-5H3,(H,26,30). The van der Waals surface area contributed by atoms with Gasteiger partial charge < -0.3 is 9.84 Å². The molecule has 0 bridgehead atoms. The fourth-order valence-corrected chi connectivity index (χ4v) is 3.61. The van der Waals surface area contributed by atoms with Crippen molar-refractivity contribution in [1.82, 2.24) is 30.2 Å². The molecule has 10 heteroatoms. The SMILES string of the molecule is CC(C)(C)c1nc(C(C)(C)NC(=O)c2nc(-c3cccs3)n(-c3ccc(F)cc3)n2)no1. The van der Waals surface area contributed by atoms with Crippen LogP contribution in [0.5, 0.6) is 0 Å². The first kappa shape index (κ1) is 21.8. The van der Waals surface area contributed by atoms with E-state index in [4.69, 9.17) is 4.52 Å². The van der Waals surface area contributed by atoms with Crippen molar-refractivity contribution in [1.29, 1.82) is 0 Å². The Morgan fingerprint density at radius 3 is 2.41 bits per heavy atom. The number of benzene rings is 1. The predicted molar refractivity (Wildman–Crippen MR) is 118 cm³/mol. The first-order valence-corrected chi connectivity index (χ1v) is 10.9. The molecule has 32 heavy (non-hydrogen) atoms. The van der Waals surface area contributed by atoms with Gasteiger partial charge in [-0.3, -0.25) is 4.79 Å². The molecule has 1 N–H and O–H groups in total. The van der Waals surface area contributed by atoms with Crippen LogP contribution in [0, 0.1) is 5.82 Å². The maximum Gasteiger partial charge on any atom is 0.291 e. The monoisotopic (exact) mass is 454 g/mol. The van der Waals surface area contributed by atoms with Crippen molar-refractivity contribution in [2.45, 2.75) is 45.6 Å². The Morgan fingerprint density at radius 1 is 1.09 bits per heavy atom. The van der Waals surface area contributed by atoms with E-state index in [1.54, 1.807) is 26.0 Å². The summed E-state index contributed by atoms with van der Waals surface area (Å²) in [5.74, 6) is 0.451. The minimum Gasteiger partial charge on any atom is -0.339 e. The zero-order chi connectivity index (χ0) is 23.1. The Kier molecular flexibility index (Phi) is 5.41. The summed E-state index contributed by atoms with van der Waals surface area (Å²) in [4.78, 5) is 22.8. The average Bonchev–Trinajstić information content (AvgIpc) is 3.46. The van der Waals surface area contributed by atoms with Crippen LogP contribution < -0.4 is 5.32 Å². The van der Waals surface area contributed by atoms with Gasteiger partial charge in [-0.2, -0.15) is 4.98 Å². The number of aromatic nitrogens is 5. The maximum absolute atomic E-state index is 13.4. The number of nitrogens with zero attached hydrogens (tertiary/aromatic N) is 5. The Morgan fingerprint density at radius 2 is 1.81 bits per heavy atom. The zero-order valence-electron chi connectivity index (χ0n) is 18.4. The molecule has 0 saturated carbocycles. The van der Waals surface area contributed by atoms with Crippen LogP contribution in [-0.4, -0.2) is 30.8 Å². The summed E-state index contributed by atoms with van der Waals surface area (Å²) in [6, 6.07) is 9.60. The third-order valence-corrected chi connectivity index (χ3v) is 5.54. The van der Waals surface area contributed by atoms with Crippen molar-refractivity contribution in [3.63, 3.8) is 0 Å². The molecule has 0 aliphatic carbocycles. The highest BCUT2D eigenvalue weighted by Gasteiger charge is 2.33. The van der Waals surface area contributed by atoms with E-state index in [0.717, 1.165) is 4.88 Å². The van der Waals surface area contributed by atoms with Gasteiger partial charge >= 0.3 is 0 Å². The molecule has 166 valence electrons. The van der Waals surface area contributed by atoms with E-state index in [1.807, 2.05) is 38.3 Å². The summed E-state index contributed by atoms with van der Waals surface area (Å²) in [7, 11) is 0. The number of thiophene rings is 1. The van der Waals surface area contributed by atoms with Gasteiger partial charge in [-0.05, 0) is 49.6 Å². The number of carbonyl (C=O) groups is 1. The summed E-state index contributed by atoms with van der Waals surface area (Å²) in [5, 5.41) is 13.2. The number of hydrogen-bond donors (Lipinski definition) is 1. The van der Waals surface area contributed by atoms with E-state index in [9.17, 15) is 9.18 Å². The second-order valence-corrected chi connectivity index (χ2v) is 9.82. The lowest BCUT2D eigenvalue weighted by Crippen LogP contribution is -2.42. The first-order chi connectivity index (χ1) is 15.0. The second-order valence-electron chi connectivity index (χ2n) is 8.88. The normalized spacial score (nSPS) is 12.2. The van der Waals surface area contributed by atoms with Crippen molar-refractivity contribution >= 4 is 17.2 Å². The van der Waals surface area contributed by atoms with Crippen molar-refractivity contribution < 1.29 is 13.7 Å². The minimum absolute atomic E-state index is 0.0228. The molecule has 0 unspecified atom stereocenters. The van der Waals surface area contributed by atoms with Crippen LogP contribution in [0.3, 0.4) is 0 Å². The molecule has 3 aromatic heterocycles. The molecule has 0 radical (unpaired) electrons. The van der Waals surface area contributed by atoms with Crippen LogP contribution in [0.25, 0.3) is 16.4 Å². The summed E-state index contributed by atoms with van der Waals surface area (Å²) >= 11 is 1.47. The predicted octanol–water partition coefficient (Wildman–Crippen LogP) is 4.48. The molecule has 0 fully saturated rings. The zero-order valence-corrected chi connectivity index (χ0v) is 19.2. The molecule has 0 saturated heterocycles. The summed E-state index contributed by atoms with van der Waals surface area (Å²) < 4.78 is 20.3. The van der Waals surface area contributed by atoms with Gasteiger partial charge in [0.2, 0.25) is 11.7 Å². The average molecular weight is 455 g/mol. The van der Waals surface area contributed by atoms with Gasteiger partial charge in [-0.15, -0.1) is 16.4 Å². The van der Waals surface area contributed by atoms with Crippen LogP contribution >= 0.6 is 11.3 Å². The fraction of sp³-hybridized carbons (Fsp3) is 0.318. The van der Waals surface area contributed by atoms with Crippen LogP contribution in [-0.2, 0) is 11.0 Å². The third-order valence-electron chi connectivity index (χ3n) is 4.68. The Balaban J connectivity index is 1.66. The molecule has 0 aliphatic rings. The van der Waals surface area contributed by atoms with Crippen LogP contribution in [0.15, 0.2) is 46.3 Å². The molecule has 0 spiro atoms. The molecule has 0 aliphatic heterocycles. The van der Waals surface area contributed by atoms with E-state index in [0.29, 0.717) is 23.2 Å². The van der Waals surface area contributed by atoms with Crippen LogP contribution in [0.2, 0.25) is 0 Å².